The molecule has 2 N–H and O–H groups in total. The second-order valence-corrected chi connectivity index (χ2v) is 4.48. The number of rotatable bonds is 5. The molecule has 0 heterocycles. The predicted octanol–water partition coefficient (Wildman–Crippen LogP) is 0.752. The van der Waals surface area contributed by atoms with Gasteiger partial charge in [-0.25, -0.2) is 0 Å². The molecule has 0 aliphatic heterocycles. The molecule has 0 radical (unpaired) electrons. The van der Waals surface area contributed by atoms with Gasteiger partial charge in [0.25, 0.3) is 0 Å². The Morgan fingerprint density at radius 2 is 1.94 bits per heavy atom. The maximum Gasteiger partial charge on any atom is 0.0619 e. The van der Waals surface area contributed by atoms with Crippen molar-refractivity contribution in [1.82, 2.24) is 5.32 Å². The van der Waals surface area contributed by atoms with Crippen LogP contribution in [0.1, 0.15) is 11.1 Å². The molecule has 0 bridgehead atoms. The van der Waals surface area contributed by atoms with E-state index in [9.17, 15) is 5.11 Å². The van der Waals surface area contributed by atoms with Crippen LogP contribution in [0.2, 0.25) is 0 Å². The van der Waals surface area contributed by atoms with E-state index in [-0.39, 0.29) is 12.1 Å². The molecule has 16 heavy (non-hydrogen) atoms. The molecule has 2 rings (SSSR count). The summed E-state index contributed by atoms with van der Waals surface area (Å²) in [7, 11) is 1.69. The summed E-state index contributed by atoms with van der Waals surface area (Å²) in [6, 6.07) is 8.40. The average Bonchev–Trinajstić information content (AvgIpc) is 2.68. The Balaban J connectivity index is 2.04. The molecule has 0 aromatic heterocycles. The first-order valence-electron chi connectivity index (χ1n) is 5.71. The van der Waals surface area contributed by atoms with Gasteiger partial charge in [-0.1, -0.05) is 24.3 Å². The summed E-state index contributed by atoms with van der Waals surface area (Å²) in [6.45, 7) is 1.63. The highest BCUT2D eigenvalue weighted by Gasteiger charge is 2.35. The SMILES string of the molecule is COCCNC1(CO)Cc2ccccc2C1. The lowest BCUT2D eigenvalue weighted by atomic mass is 9.97. The van der Waals surface area contributed by atoms with E-state index in [1.807, 2.05) is 0 Å². The van der Waals surface area contributed by atoms with Crippen LogP contribution in [0, 0.1) is 0 Å². The molecule has 0 fully saturated rings. The third-order valence-electron chi connectivity index (χ3n) is 3.28. The largest absolute Gasteiger partial charge is 0.394 e. The monoisotopic (exact) mass is 221 g/mol. The van der Waals surface area contributed by atoms with Crippen LogP contribution < -0.4 is 5.32 Å². The molecule has 0 atom stereocenters. The van der Waals surface area contributed by atoms with E-state index in [0.29, 0.717) is 6.61 Å². The van der Waals surface area contributed by atoms with Gasteiger partial charge in [0, 0.05) is 19.2 Å². The molecule has 0 saturated carbocycles. The van der Waals surface area contributed by atoms with E-state index in [1.54, 1.807) is 7.11 Å². The lowest BCUT2D eigenvalue weighted by molar-refractivity contribution is 0.143. The number of hydrogen-bond donors (Lipinski definition) is 2. The van der Waals surface area contributed by atoms with Gasteiger partial charge in [-0.2, -0.15) is 0 Å². The van der Waals surface area contributed by atoms with Crippen molar-refractivity contribution in [2.24, 2.45) is 0 Å². The molecule has 0 unspecified atom stereocenters. The van der Waals surface area contributed by atoms with Gasteiger partial charge in [-0.05, 0) is 24.0 Å². The Hall–Kier alpha value is -0.900. The lowest BCUT2D eigenvalue weighted by Crippen LogP contribution is -2.50. The van der Waals surface area contributed by atoms with Crippen LogP contribution in [0.25, 0.3) is 0 Å². The van der Waals surface area contributed by atoms with Gasteiger partial charge in [-0.3, -0.25) is 0 Å². The van der Waals surface area contributed by atoms with E-state index in [4.69, 9.17) is 4.74 Å². The Kier molecular flexibility index (Phi) is 3.59. The number of aliphatic hydroxyl groups excluding tert-OH is 1. The van der Waals surface area contributed by atoms with Gasteiger partial charge in [0.2, 0.25) is 0 Å². The van der Waals surface area contributed by atoms with Gasteiger partial charge >= 0.3 is 0 Å². The van der Waals surface area contributed by atoms with Gasteiger partial charge in [0.05, 0.1) is 13.2 Å². The normalized spacial score (nSPS) is 17.4. The average molecular weight is 221 g/mol. The number of hydrogen-bond acceptors (Lipinski definition) is 3. The number of nitrogens with one attached hydrogen (secondary N) is 1. The fourth-order valence-corrected chi connectivity index (χ4v) is 2.40. The highest BCUT2D eigenvalue weighted by atomic mass is 16.5. The van der Waals surface area contributed by atoms with Gasteiger partial charge in [0.1, 0.15) is 0 Å². The Labute approximate surface area is 96.4 Å². The third-order valence-corrected chi connectivity index (χ3v) is 3.28. The van der Waals surface area contributed by atoms with Crippen molar-refractivity contribution in [3.8, 4) is 0 Å². The summed E-state index contributed by atoms with van der Waals surface area (Å²) >= 11 is 0. The molecule has 0 saturated heterocycles. The van der Waals surface area contributed by atoms with Crippen LogP contribution in [0.3, 0.4) is 0 Å². The number of aliphatic hydroxyl groups is 1. The van der Waals surface area contributed by atoms with Crippen LogP contribution in [0.15, 0.2) is 24.3 Å². The molecule has 0 spiro atoms. The Morgan fingerprint density at radius 3 is 2.44 bits per heavy atom. The van der Waals surface area contributed by atoms with Crippen molar-refractivity contribution in [1.29, 1.82) is 0 Å². The molecular weight excluding hydrogens is 202 g/mol. The van der Waals surface area contributed by atoms with Crippen molar-refractivity contribution in [3.05, 3.63) is 35.4 Å². The first kappa shape index (κ1) is 11.6. The minimum Gasteiger partial charge on any atom is -0.394 e. The molecule has 1 aromatic rings. The number of fused-ring (bicyclic) bond motifs is 1. The summed E-state index contributed by atoms with van der Waals surface area (Å²) in [5.74, 6) is 0. The second kappa shape index (κ2) is 4.95. The maximum absolute atomic E-state index is 9.58. The minimum atomic E-state index is -0.178. The summed E-state index contributed by atoms with van der Waals surface area (Å²) in [6.07, 6.45) is 1.81. The van der Waals surface area contributed by atoms with Crippen LogP contribution in [0.5, 0.6) is 0 Å². The number of ether oxygens (including phenoxy) is 1. The van der Waals surface area contributed by atoms with E-state index < -0.39 is 0 Å². The summed E-state index contributed by atoms with van der Waals surface area (Å²) in [5, 5.41) is 13.0. The van der Waals surface area contributed by atoms with Crippen molar-refractivity contribution in [2.75, 3.05) is 26.9 Å². The van der Waals surface area contributed by atoms with E-state index in [0.717, 1.165) is 19.4 Å². The van der Waals surface area contributed by atoms with Gasteiger partial charge in [-0.15, -0.1) is 0 Å². The first-order chi connectivity index (χ1) is 7.79. The molecule has 1 aromatic carbocycles. The van der Waals surface area contributed by atoms with Gasteiger partial charge < -0.3 is 15.2 Å². The second-order valence-electron chi connectivity index (χ2n) is 4.48. The molecular formula is C13H19NO2. The molecule has 0 amide bonds. The van der Waals surface area contributed by atoms with Crippen LogP contribution in [-0.4, -0.2) is 37.5 Å². The maximum atomic E-state index is 9.58. The fourth-order valence-electron chi connectivity index (χ4n) is 2.40. The fraction of sp³-hybridized carbons (Fsp3) is 0.538. The van der Waals surface area contributed by atoms with Crippen molar-refractivity contribution in [3.63, 3.8) is 0 Å². The van der Waals surface area contributed by atoms with E-state index >= 15 is 0 Å². The minimum absolute atomic E-state index is 0.172. The number of methoxy groups -OCH3 is 1. The van der Waals surface area contributed by atoms with Crippen LogP contribution in [-0.2, 0) is 17.6 Å². The first-order valence-corrected chi connectivity index (χ1v) is 5.71. The standard InChI is InChI=1S/C13H19NO2/c1-16-7-6-14-13(10-15)8-11-4-2-3-5-12(11)9-13/h2-5,14-15H,6-10H2,1H3. The third kappa shape index (κ3) is 2.26. The smallest absolute Gasteiger partial charge is 0.0619 e. The van der Waals surface area contributed by atoms with Crippen molar-refractivity contribution in [2.45, 2.75) is 18.4 Å². The zero-order valence-electron chi connectivity index (χ0n) is 9.70. The van der Waals surface area contributed by atoms with E-state index in [1.165, 1.54) is 11.1 Å². The van der Waals surface area contributed by atoms with Crippen LogP contribution >= 0.6 is 0 Å². The molecule has 88 valence electrons. The summed E-state index contributed by atoms with van der Waals surface area (Å²) in [4.78, 5) is 0. The lowest BCUT2D eigenvalue weighted by Gasteiger charge is -2.28. The highest BCUT2D eigenvalue weighted by molar-refractivity contribution is 5.36. The quantitative estimate of drug-likeness (QED) is 0.721. The topological polar surface area (TPSA) is 41.5 Å². The summed E-state index contributed by atoms with van der Waals surface area (Å²) in [5.41, 5.74) is 2.52. The van der Waals surface area contributed by atoms with Crippen molar-refractivity contribution >= 4 is 0 Å². The van der Waals surface area contributed by atoms with Crippen molar-refractivity contribution < 1.29 is 9.84 Å². The molecule has 1 aliphatic rings. The summed E-state index contributed by atoms with van der Waals surface area (Å²) < 4.78 is 5.02. The van der Waals surface area contributed by atoms with E-state index in [2.05, 4.69) is 29.6 Å². The molecule has 1 aliphatic carbocycles. The Morgan fingerprint density at radius 1 is 1.31 bits per heavy atom. The zero-order chi connectivity index (χ0) is 11.4. The predicted molar refractivity (Wildman–Crippen MR) is 63.5 cm³/mol. The molecule has 3 heteroatoms. The number of benzene rings is 1. The van der Waals surface area contributed by atoms with Crippen LogP contribution in [0.4, 0.5) is 0 Å². The Bertz CT molecular complexity index is 327. The van der Waals surface area contributed by atoms with Gasteiger partial charge in [0.15, 0.2) is 0 Å². The highest BCUT2D eigenvalue weighted by Crippen LogP contribution is 2.29. The zero-order valence-corrected chi connectivity index (χ0v) is 9.70. The molecule has 3 nitrogen and oxygen atoms in total.